The summed E-state index contributed by atoms with van der Waals surface area (Å²) in [5.74, 6) is 0.898. The van der Waals surface area contributed by atoms with Gasteiger partial charge >= 0.3 is 0 Å². The topological polar surface area (TPSA) is 37.8 Å². The first-order chi connectivity index (χ1) is 8.81. The van der Waals surface area contributed by atoms with Crippen molar-refractivity contribution in [1.29, 1.82) is 0 Å². The molecule has 1 N–H and O–H groups in total. The molecule has 0 bridgehead atoms. The Morgan fingerprint density at radius 2 is 1.89 bits per heavy atom. The van der Waals surface area contributed by atoms with Gasteiger partial charge in [-0.15, -0.1) is 0 Å². The van der Waals surface area contributed by atoms with Gasteiger partial charge in [0.1, 0.15) is 16.2 Å². The fraction of sp³-hybridized carbons (Fsp3) is 0.143. The second-order valence-electron chi connectivity index (χ2n) is 4.09. The smallest absolute Gasteiger partial charge is 0.145 e. The third-order valence-corrected chi connectivity index (χ3v) is 3.56. The van der Waals surface area contributed by atoms with Crippen LogP contribution in [-0.4, -0.2) is 9.97 Å². The van der Waals surface area contributed by atoms with Gasteiger partial charge in [-0.1, -0.05) is 41.7 Å². The van der Waals surface area contributed by atoms with E-state index in [0.717, 1.165) is 27.7 Å². The van der Waals surface area contributed by atoms with Crippen molar-refractivity contribution in [2.75, 3.05) is 5.32 Å². The van der Waals surface area contributed by atoms with Crippen LogP contribution in [0.5, 0.6) is 0 Å². The van der Waals surface area contributed by atoms with E-state index in [0.29, 0.717) is 0 Å². The summed E-state index contributed by atoms with van der Waals surface area (Å²) in [5.41, 5.74) is 2.22. The number of aromatic nitrogens is 2. The van der Waals surface area contributed by atoms with E-state index >= 15 is 0 Å². The van der Waals surface area contributed by atoms with E-state index < -0.39 is 0 Å². The van der Waals surface area contributed by atoms with Crippen molar-refractivity contribution in [2.24, 2.45) is 0 Å². The Labute approximate surface area is 110 Å². The van der Waals surface area contributed by atoms with Crippen molar-refractivity contribution in [2.45, 2.75) is 13.5 Å². The number of aryl methyl sites for hydroxylation is 1. The molecule has 0 saturated heterocycles. The predicted octanol–water partition coefficient (Wildman–Crippen LogP) is 3.61. The fourth-order valence-electron chi connectivity index (χ4n) is 1.81. The Balaban J connectivity index is 1.78. The van der Waals surface area contributed by atoms with Gasteiger partial charge < -0.3 is 5.32 Å². The van der Waals surface area contributed by atoms with E-state index in [2.05, 4.69) is 27.4 Å². The molecule has 3 rings (SSSR count). The first-order valence-corrected chi connectivity index (χ1v) is 6.65. The molecule has 0 fully saturated rings. The number of anilines is 1. The number of nitrogens with one attached hydrogen (secondary N) is 1. The van der Waals surface area contributed by atoms with Crippen molar-refractivity contribution in [3.63, 3.8) is 0 Å². The summed E-state index contributed by atoms with van der Waals surface area (Å²) in [4.78, 5) is 9.95. The third kappa shape index (κ3) is 2.33. The van der Waals surface area contributed by atoms with Gasteiger partial charge in [-0.25, -0.2) is 9.97 Å². The first kappa shape index (κ1) is 11.2. The second-order valence-corrected chi connectivity index (χ2v) is 5.27. The maximum Gasteiger partial charge on any atom is 0.145 e. The minimum atomic E-state index is 0.789. The zero-order chi connectivity index (χ0) is 12.4. The second kappa shape index (κ2) is 4.74. The van der Waals surface area contributed by atoms with E-state index in [4.69, 9.17) is 0 Å². The predicted molar refractivity (Wildman–Crippen MR) is 75.9 cm³/mol. The van der Waals surface area contributed by atoms with Crippen LogP contribution in [0.4, 0.5) is 5.82 Å². The molecule has 0 saturated carbocycles. The van der Waals surface area contributed by atoms with Crippen LogP contribution in [0.2, 0.25) is 0 Å². The molecule has 1 aromatic carbocycles. The molecule has 90 valence electrons. The van der Waals surface area contributed by atoms with Crippen LogP contribution in [0, 0.1) is 6.92 Å². The number of pyridine rings is 1. The first-order valence-electron chi connectivity index (χ1n) is 5.83. The van der Waals surface area contributed by atoms with Crippen LogP contribution in [-0.2, 0) is 6.54 Å². The summed E-state index contributed by atoms with van der Waals surface area (Å²) in [6.07, 6.45) is 0. The lowest BCUT2D eigenvalue weighted by atomic mass is 10.2. The molecule has 0 aliphatic rings. The quantitative estimate of drug-likeness (QED) is 0.777. The van der Waals surface area contributed by atoms with Crippen LogP contribution in [0.25, 0.3) is 10.3 Å². The van der Waals surface area contributed by atoms with Gasteiger partial charge in [-0.3, -0.25) is 0 Å². The summed E-state index contributed by atoms with van der Waals surface area (Å²) in [7, 11) is 0. The maximum atomic E-state index is 4.56. The molecule has 2 heterocycles. The number of benzene rings is 1. The highest BCUT2D eigenvalue weighted by Crippen LogP contribution is 2.21. The normalized spacial score (nSPS) is 10.7. The van der Waals surface area contributed by atoms with Crippen molar-refractivity contribution in [1.82, 2.24) is 9.97 Å². The number of rotatable bonds is 3. The Morgan fingerprint density at radius 3 is 2.72 bits per heavy atom. The molecule has 3 aromatic rings. The number of hydrogen-bond donors (Lipinski definition) is 1. The highest BCUT2D eigenvalue weighted by Gasteiger charge is 2.02. The largest absolute Gasteiger partial charge is 0.366 e. The van der Waals surface area contributed by atoms with Gasteiger partial charge in [0.2, 0.25) is 0 Å². The average Bonchev–Trinajstić information content (AvgIpc) is 2.77. The number of fused-ring (bicyclic) bond motifs is 1. The Bertz CT molecular complexity index is 661. The third-order valence-electron chi connectivity index (χ3n) is 2.68. The molecule has 4 heteroatoms. The zero-order valence-electron chi connectivity index (χ0n) is 10.1. The Hall–Kier alpha value is -1.94. The van der Waals surface area contributed by atoms with Gasteiger partial charge in [0.15, 0.2) is 0 Å². The summed E-state index contributed by atoms with van der Waals surface area (Å²) in [6, 6.07) is 14.3. The highest BCUT2D eigenvalue weighted by atomic mass is 32.1. The summed E-state index contributed by atoms with van der Waals surface area (Å²) < 4.78 is 0. The summed E-state index contributed by atoms with van der Waals surface area (Å²) >= 11 is 1.63. The molecule has 0 aliphatic heterocycles. The molecular formula is C14H13N3S. The van der Waals surface area contributed by atoms with Crippen LogP contribution >= 0.6 is 11.3 Å². The monoisotopic (exact) mass is 255 g/mol. The van der Waals surface area contributed by atoms with E-state index in [1.54, 1.807) is 11.3 Å². The van der Waals surface area contributed by atoms with Gasteiger partial charge in [0.25, 0.3) is 0 Å². The molecule has 0 spiro atoms. The number of nitrogens with zero attached hydrogens (tertiary/aromatic N) is 2. The lowest BCUT2D eigenvalue weighted by Gasteiger charge is -2.05. The maximum absolute atomic E-state index is 4.56. The van der Waals surface area contributed by atoms with Gasteiger partial charge in [0.05, 0.1) is 5.01 Å². The van der Waals surface area contributed by atoms with Crippen LogP contribution in [0.1, 0.15) is 10.6 Å². The van der Waals surface area contributed by atoms with Crippen LogP contribution in [0.3, 0.4) is 0 Å². The molecule has 0 radical (unpaired) electrons. The van der Waals surface area contributed by atoms with Crippen molar-refractivity contribution >= 4 is 27.5 Å². The van der Waals surface area contributed by atoms with Gasteiger partial charge in [-0.05, 0) is 24.6 Å². The zero-order valence-corrected chi connectivity index (χ0v) is 10.9. The van der Waals surface area contributed by atoms with Crippen molar-refractivity contribution < 1.29 is 0 Å². The average molecular weight is 255 g/mol. The van der Waals surface area contributed by atoms with E-state index in [1.165, 1.54) is 5.56 Å². The van der Waals surface area contributed by atoms with E-state index in [9.17, 15) is 0 Å². The van der Waals surface area contributed by atoms with Gasteiger partial charge in [-0.2, -0.15) is 0 Å². The van der Waals surface area contributed by atoms with Crippen molar-refractivity contribution in [3.8, 4) is 0 Å². The van der Waals surface area contributed by atoms with E-state index in [-0.39, 0.29) is 0 Å². The molecule has 2 aromatic heterocycles. The molecule has 0 amide bonds. The lowest BCUT2D eigenvalue weighted by molar-refractivity contribution is 1.12. The molecule has 3 nitrogen and oxygen atoms in total. The molecule has 0 unspecified atom stereocenters. The fourth-order valence-corrected chi connectivity index (χ4v) is 2.60. The summed E-state index contributed by atoms with van der Waals surface area (Å²) in [6.45, 7) is 2.79. The SMILES string of the molecule is Cc1nc2ccc(NCc3ccccc3)nc2s1. The summed E-state index contributed by atoms with van der Waals surface area (Å²) in [5, 5.41) is 4.38. The van der Waals surface area contributed by atoms with Gasteiger partial charge in [0, 0.05) is 6.54 Å². The molecule has 18 heavy (non-hydrogen) atoms. The molecule has 0 aliphatic carbocycles. The van der Waals surface area contributed by atoms with Crippen molar-refractivity contribution in [3.05, 3.63) is 53.0 Å². The molecule has 0 atom stereocenters. The Morgan fingerprint density at radius 1 is 1.06 bits per heavy atom. The number of thiazole rings is 1. The minimum Gasteiger partial charge on any atom is -0.366 e. The molecular weight excluding hydrogens is 242 g/mol. The number of hydrogen-bond acceptors (Lipinski definition) is 4. The van der Waals surface area contributed by atoms with Crippen LogP contribution in [0.15, 0.2) is 42.5 Å². The van der Waals surface area contributed by atoms with Crippen LogP contribution < -0.4 is 5.32 Å². The standard InChI is InChI=1S/C14H13N3S/c1-10-16-12-7-8-13(17-14(12)18-10)15-9-11-5-3-2-4-6-11/h2-8H,9H2,1H3,(H,15,17). The Kier molecular flexibility index (Phi) is 2.94. The lowest BCUT2D eigenvalue weighted by Crippen LogP contribution is -2.00. The van der Waals surface area contributed by atoms with E-state index in [1.807, 2.05) is 37.3 Å². The minimum absolute atomic E-state index is 0.789. The highest BCUT2D eigenvalue weighted by molar-refractivity contribution is 7.18.